The van der Waals surface area contributed by atoms with E-state index in [-0.39, 0.29) is 31.1 Å². The van der Waals surface area contributed by atoms with Gasteiger partial charge in [0.15, 0.2) is 6.10 Å². The average Bonchev–Trinajstić information content (AvgIpc) is 3.44. The zero-order chi connectivity index (χ0) is 56.4. The van der Waals surface area contributed by atoms with Gasteiger partial charge in [-0.15, -0.1) is 0 Å². The quantitative estimate of drug-likeness (QED) is 0.0261. The van der Waals surface area contributed by atoms with Crippen molar-refractivity contribution >= 4 is 17.9 Å². The fraction of sp³-hybridized carbons (Fsp3) is 0.764. The highest BCUT2D eigenvalue weighted by Gasteiger charge is 2.19. The SMILES string of the molecule is CC/C=C\C/C=C\C/C=C\C/C=C\CCCCCCCCCCCCCCC(=O)OCC(COC(=O)CCCCCCCCC/C=C\C/C=C\CCCCC)OC(=O)CCCCCCCCC/C=C\CCCCCCCCC. The Kier molecular flexibility index (Phi) is 63.2. The van der Waals surface area contributed by atoms with Crippen molar-refractivity contribution in [2.45, 2.75) is 341 Å². The molecule has 0 aromatic rings. The molecule has 6 heteroatoms. The molecule has 0 N–H and O–H groups in total. The lowest BCUT2D eigenvalue weighted by molar-refractivity contribution is -0.167. The van der Waals surface area contributed by atoms with Crippen molar-refractivity contribution in [3.8, 4) is 0 Å². The van der Waals surface area contributed by atoms with Crippen molar-refractivity contribution in [3.63, 3.8) is 0 Å². The van der Waals surface area contributed by atoms with Gasteiger partial charge in [-0.3, -0.25) is 14.4 Å². The van der Waals surface area contributed by atoms with E-state index in [0.717, 1.165) is 96.3 Å². The predicted octanol–water partition coefficient (Wildman–Crippen LogP) is 23.1. The first-order valence-corrected chi connectivity index (χ1v) is 33.6. The maximum absolute atomic E-state index is 12.9. The summed E-state index contributed by atoms with van der Waals surface area (Å²) in [6.45, 7) is 6.53. The van der Waals surface area contributed by atoms with E-state index in [0.29, 0.717) is 19.3 Å². The summed E-state index contributed by atoms with van der Waals surface area (Å²) in [6.07, 6.45) is 87.3. The number of unbranched alkanes of at least 4 members (excludes halogenated alkanes) is 36. The second-order valence-electron chi connectivity index (χ2n) is 22.3. The van der Waals surface area contributed by atoms with Crippen LogP contribution in [0.15, 0.2) is 85.1 Å². The normalized spacial score (nSPS) is 12.6. The van der Waals surface area contributed by atoms with Crippen LogP contribution >= 0.6 is 0 Å². The number of hydrogen-bond acceptors (Lipinski definition) is 6. The van der Waals surface area contributed by atoms with Crippen LogP contribution in [-0.4, -0.2) is 37.2 Å². The highest BCUT2D eigenvalue weighted by molar-refractivity contribution is 5.71. The highest BCUT2D eigenvalue weighted by Crippen LogP contribution is 2.17. The molecule has 6 nitrogen and oxygen atoms in total. The minimum atomic E-state index is -0.784. The van der Waals surface area contributed by atoms with Crippen LogP contribution in [0.4, 0.5) is 0 Å². The monoisotopic (exact) mass is 1090 g/mol. The van der Waals surface area contributed by atoms with Gasteiger partial charge < -0.3 is 14.2 Å². The van der Waals surface area contributed by atoms with E-state index >= 15 is 0 Å². The van der Waals surface area contributed by atoms with Gasteiger partial charge in [-0.05, 0) is 116 Å². The Morgan fingerprint density at radius 1 is 0.269 bits per heavy atom. The topological polar surface area (TPSA) is 78.9 Å². The third kappa shape index (κ3) is 63.4. The standard InChI is InChI=1S/C72H126O6/c1-4-7-10-13-16-19-22-25-28-31-33-34-35-36-37-38-39-42-44-47-50-53-56-59-62-65-71(74)77-68-69(67-76-70(73)64-61-58-55-52-49-46-43-40-30-27-24-21-18-15-12-9-6-3)78-72(75)66-63-60-57-54-51-48-45-41-32-29-26-23-20-17-14-11-8-5-2/h7,10,16,18-19,21,25,27-30,32-34,69H,4-6,8-9,11-15,17,20,22-24,26,31,35-68H2,1-3H3/b10-7-,19-16-,21-18-,28-25-,30-27-,32-29-,34-33-. The van der Waals surface area contributed by atoms with Gasteiger partial charge in [0.1, 0.15) is 13.2 Å². The molecule has 0 saturated carbocycles. The largest absolute Gasteiger partial charge is 0.462 e. The molecule has 0 spiro atoms. The number of hydrogen-bond donors (Lipinski definition) is 0. The zero-order valence-electron chi connectivity index (χ0n) is 51.7. The van der Waals surface area contributed by atoms with E-state index in [1.807, 2.05) is 0 Å². The second kappa shape index (κ2) is 66.1. The summed E-state index contributed by atoms with van der Waals surface area (Å²) >= 11 is 0. The van der Waals surface area contributed by atoms with Crippen LogP contribution < -0.4 is 0 Å². The second-order valence-corrected chi connectivity index (χ2v) is 22.3. The Morgan fingerprint density at radius 3 is 0.821 bits per heavy atom. The van der Waals surface area contributed by atoms with Crippen LogP contribution in [0.2, 0.25) is 0 Å². The summed E-state index contributed by atoms with van der Waals surface area (Å²) in [7, 11) is 0. The molecule has 0 saturated heterocycles. The lowest BCUT2D eigenvalue weighted by Gasteiger charge is -2.18. The molecule has 0 fully saturated rings. The lowest BCUT2D eigenvalue weighted by Crippen LogP contribution is -2.30. The summed E-state index contributed by atoms with van der Waals surface area (Å²) < 4.78 is 17.0. The molecule has 0 bridgehead atoms. The van der Waals surface area contributed by atoms with E-state index in [2.05, 4.69) is 106 Å². The smallest absolute Gasteiger partial charge is 0.306 e. The molecule has 0 amide bonds. The van der Waals surface area contributed by atoms with Crippen molar-refractivity contribution in [1.82, 2.24) is 0 Å². The van der Waals surface area contributed by atoms with Gasteiger partial charge in [0.2, 0.25) is 0 Å². The predicted molar refractivity (Wildman–Crippen MR) is 339 cm³/mol. The Balaban J connectivity index is 4.34. The summed E-state index contributed by atoms with van der Waals surface area (Å²) in [5.41, 5.74) is 0. The zero-order valence-corrected chi connectivity index (χ0v) is 51.7. The maximum atomic E-state index is 12.9. The maximum Gasteiger partial charge on any atom is 0.306 e. The van der Waals surface area contributed by atoms with Gasteiger partial charge in [0.05, 0.1) is 0 Å². The van der Waals surface area contributed by atoms with E-state index in [1.54, 1.807) is 0 Å². The highest BCUT2D eigenvalue weighted by atomic mass is 16.6. The number of carbonyl (C=O) groups is 3. The van der Waals surface area contributed by atoms with Crippen molar-refractivity contribution in [3.05, 3.63) is 85.1 Å². The van der Waals surface area contributed by atoms with Crippen LogP contribution in [-0.2, 0) is 28.6 Å². The van der Waals surface area contributed by atoms with Crippen LogP contribution in [0.1, 0.15) is 335 Å². The van der Waals surface area contributed by atoms with Gasteiger partial charge in [-0.1, -0.05) is 286 Å². The molecule has 0 rings (SSSR count). The molecule has 1 atom stereocenters. The molecule has 0 heterocycles. The van der Waals surface area contributed by atoms with Crippen molar-refractivity contribution in [1.29, 1.82) is 0 Å². The molecular formula is C72H126O6. The van der Waals surface area contributed by atoms with Crippen LogP contribution in [0.5, 0.6) is 0 Å². The Bertz CT molecular complexity index is 1480. The molecule has 450 valence electrons. The van der Waals surface area contributed by atoms with Crippen molar-refractivity contribution in [2.75, 3.05) is 13.2 Å². The lowest BCUT2D eigenvalue weighted by atomic mass is 10.0. The van der Waals surface area contributed by atoms with Gasteiger partial charge >= 0.3 is 17.9 Å². The molecule has 0 aliphatic rings. The fourth-order valence-electron chi connectivity index (χ4n) is 9.58. The minimum absolute atomic E-state index is 0.0799. The third-order valence-corrected chi connectivity index (χ3v) is 14.6. The first kappa shape index (κ1) is 74.6. The molecule has 0 aromatic carbocycles. The first-order valence-electron chi connectivity index (χ1n) is 33.6. The minimum Gasteiger partial charge on any atom is -0.462 e. The molecule has 78 heavy (non-hydrogen) atoms. The first-order chi connectivity index (χ1) is 38.5. The van der Waals surface area contributed by atoms with E-state index in [1.165, 1.54) is 199 Å². The van der Waals surface area contributed by atoms with Gasteiger partial charge in [0.25, 0.3) is 0 Å². The Labute approximate surface area is 484 Å². The molecule has 0 aromatic heterocycles. The molecular weight excluding hydrogens is 961 g/mol. The molecule has 0 aliphatic heterocycles. The number of allylic oxidation sites excluding steroid dienone is 14. The number of rotatable bonds is 61. The van der Waals surface area contributed by atoms with Crippen molar-refractivity contribution < 1.29 is 28.6 Å². The van der Waals surface area contributed by atoms with Gasteiger partial charge in [0, 0.05) is 19.3 Å². The fourth-order valence-corrected chi connectivity index (χ4v) is 9.58. The molecule has 1 unspecified atom stereocenters. The van der Waals surface area contributed by atoms with Crippen LogP contribution in [0.25, 0.3) is 0 Å². The Hall–Kier alpha value is -3.41. The number of ether oxygens (including phenoxy) is 3. The summed E-state index contributed by atoms with van der Waals surface area (Å²) in [4.78, 5) is 38.4. The van der Waals surface area contributed by atoms with E-state index in [9.17, 15) is 14.4 Å². The van der Waals surface area contributed by atoms with Crippen LogP contribution in [0, 0.1) is 0 Å². The molecule has 0 radical (unpaired) electrons. The summed E-state index contributed by atoms with van der Waals surface area (Å²) in [5.74, 6) is -0.878. The molecule has 0 aliphatic carbocycles. The Morgan fingerprint density at radius 2 is 0.500 bits per heavy atom. The number of esters is 3. The third-order valence-electron chi connectivity index (χ3n) is 14.6. The van der Waals surface area contributed by atoms with Gasteiger partial charge in [-0.2, -0.15) is 0 Å². The summed E-state index contributed by atoms with van der Waals surface area (Å²) in [5, 5.41) is 0. The van der Waals surface area contributed by atoms with E-state index < -0.39 is 6.10 Å². The summed E-state index contributed by atoms with van der Waals surface area (Å²) in [6, 6.07) is 0. The van der Waals surface area contributed by atoms with Crippen LogP contribution in [0.3, 0.4) is 0 Å². The van der Waals surface area contributed by atoms with Gasteiger partial charge in [-0.25, -0.2) is 0 Å². The average molecular weight is 1090 g/mol. The number of carbonyl (C=O) groups excluding carboxylic acids is 3. The van der Waals surface area contributed by atoms with Crippen molar-refractivity contribution in [2.24, 2.45) is 0 Å². The van der Waals surface area contributed by atoms with E-state index in [4.69, 9.17) is 14.2 Å².